The maximum absolute atomic E-state index is 6.20. The Morgan fingerprint density at radius 1 is 1.03 bits per heavy atom. The maximum Gasteiger partial charge on any atom is 0.197 e. The summed E-state index contributed by atoms with van der Waals surface area (Å²) < 4.78 is 8.42. The lowest BCUT2D eigenvalue weighted by Crippen LogP contribution is -2.33. The fourth-order valence-electron chi connectivity index (χ4n) is 3.82. The van der Waals surface area contributed by atoms with Gasteiger partial charge in [0.1, 0.15) is 4.83 Å². The monoisotopic (exact) mass is 464 g/mol. The first kappa shape index (κ1) is 22.4. The van der Waals surface area contributed by atoms with E-state index in [1.165, 1.54) is 41.5 Å². The second-order valence-electron chi connectivity index (χ2n) is 8.25. The van der Waals surface area contributed by atoms with E-state index in [9.17, 15) is 0 Å². The highest BCUT2D eigenvalue weighted by atomic mass is 32.2. The highest BCUT2D eigenvalue weighted by Gasteiger charge is 2.33. The summed E-state index contributed by atoms with van der Waals surface area (Å²) in [4.78, 5) is 7.50. The van der Waals surface area contributed by atoms with Crippen LogP contribution < -0.4 is 0 Å². The number of unbranched alkanes of at least 4 members (excludes halogenated alkanes) is 3. The number of fused-ring (bicyclic) bond motifs is 5. The van der Waals surface area contributed by atoms with Crippen LogP contribution in [0.25, 0.3) is 15.9 Å². The highest BCUT2D eigenvalue weighted by molar-refractivity contribution is 7.99. The van der Waals surface area contributed by atoms with Crippen LogP contribution in [0.4, 0.5) is 0 Å². The molecule has 5 nitrogen and oxygen atoms in total. The van der Waals surface area contributed by atoms with Gasteiger partial charge in [0.15, 0.2) is 16.0 Å². The van der Waals surface area contributed by atoms with Gasteiger partial charge < -0.3 is 4.74 Å². The Kier molecular flexibility index (Phi) is 7.27. The zero-order chi connectivity index (χ0) is 21.1. The van der Waals surface area contributed by atoms with E-state index >= 15 is 0 Å². The summed E-state index contributed by atoms with van der Waals surface area (Å²) in [6.07, 6.45) is 8.13. The summed E-state index contributed by atoms with van der Waals surface area (Å²) in [7, 11) is 0. The SMILES string of the molecule is CCCCCCSc1nnc2c3c4c(sc3nc(SCCC)n12)CO[C@](C)(CC)C4. The molecule has 0 fully saturated rings. The van der Waals surface area contributed by atoms with Crippen LogP contribution in [-0.2, 0) is 17.8 Å². The first-order chi connectivity index (χ1) is 14.6. The molecule has 0 unspecified atom stereocenters. The average Bonchev–Trinajstić information content (AvgIpc) is 3.32. The van der Waals surface area contributed by atoms with Crippen molar-refractivity contribution in [1.82, 2.24) is 19.6 Å². The van der Waals surface area contributed by atoms with Gasteiger partial charge in [-0.15, -0.1) is 21.5 Å². The quantitative estimate of drug-likeness (QED) is 0.188. The summed E-state index contributed by atoms with van der Waals surface area (Å²) in [5.41, 5.74) is 2.25. The lowest BCUT2D eigenvalue weighted by Gasteiger charge is -2.33. The van der Waals surface area contributed by atoms with E-state index in [-0.39, 0.29) is 5.60 Å². The van der Waals surface area contributed by atoms with E-state index in [0.29, 0.717) is 6.61 Å². The van der Waals surface area contributed by atoms with Crippen LogP contribution in [0.3, 0.4) is 0 Å². The molecule has 1 atom stereocenters. The Bertz CT molecular complexity index is 1020. The van der Waals surface area contributed by atoms with Gasteiger partial charge in [-0.25, -0.2) is 9.38 Å². The van der Waals surface area contributed by atoms with Gasteiger partial charge in [-0.3, -0.25) is 0 Å². The number of thiophene rings is 1. The van der Waals surface area contributed by atoms with Crippen molar-refractivity contribution < 1.29 is 4.74 Å². The van der Waals surface area contributed by atoms with Crippen LogP contribution in [0.1, 0.15) is 76.7 Å². The molecule has 1 aliphatic heterocycles. The van der Waals surface area contributed by atoms with Gasteiger partial charge in [-0.05, 0) is 31.7 Å². The number of rotatable bonds is 10. The van der Waals surface area contributed by atoms with E-state index in [4.69, 9.17) is 9.72 Å². The smallest absolute Gasteiger partial charge is 0.197 e. The Hall–Kier alpha value is -0.830. The van der Waals surface area contributed by atoms with Crippen molar-refractivity contribution in [2.75, 3.05) is 11.5 Å². The van der Waals surface area contributed by atoms with E-state index in [2.05, 4.69) is 42.3 Å². The fraction of sp³-hybridized carbons (Fsp3) is 0.682. The number of hydrogen-bond acceptors (Lipinski definition) is 7. The van der Waals surface area contributed by atoms with Crippen molar-refractivity contribution in [3.63, 3.8) is 0 Å². The molecule has 4 rings (SSSR count). The van der Waals surface area contributed by atoms with E-state index < -0.39 is 0 Å². The van der Waals surface area contributed by atoms with Crippen LogP contribution in [0.5, 0.6) is 0 Å². The number of nitrogens with zero attached hydrogens (tertiary/aromatic N) is 4. The summed E-state index contributed by atoms with van der Waals surface area (Å²) in [6.45, 7) is 9.57. The molecule has 0 amide bonds. The van der Waals surface area contributed by atoms with Crippen LogP contribution >= 0.6 is 34.9 Å². The molecular weight excluding hydrogens is 432 g/mol. The molecule has 3 aromatic heterocycles. The third kappa shape index (κ3) is 4.38. The minimum atomic E-state index is -0.107. The fourth-order valence-corrected chi connectivity index (χ4v) is 6.81. The molecule has 4 heterocycles. The molecule has 8 heteroatoms. The van der Waals surface area contributed by atoms with Gasteiger partial charge in [0.2, 0.25) is 0 Å². The van der Waals surface area contributed by atoms with Crippen molar-refractivity contribution >= 4 is 50.7 Å². The van der Waals surface area contributed by atoms with Crippen LogP contribution in [0.15, 0.2) is 10.3 Å². The van der Waals surface area contributed by atoms with Crippen molar-refractivity contribution in [2.24, 2.45) is 0 Å². The Labute approximate surface area is 191 Å². The number of aromatic nitrogens is 4. The first-order valence-electron chi connectivity index (χ1n) is 11.2. The molecular formula is C22H32N4OS3. The molecule has 0 radical (unpaired) electrons. The molecule has 0 bridgehead atoms. The molecule has 1 aliphatic rings. The number of ether oxygens (including phenoxy) is 1. The summed E-state index contributed by atoms with van der Waals surface area (Å²) in [6, 6.07) is 0. The standard InChI is InChI=1S/C22H32N4OS3/c1-5-8-9-10-12-29-21-25-24-18-17-15-13-22(4,7-3)27-14-16(15)30-19(17)23-20(26(18)21)28-11-6-2/h5-14H2,1-4H3/t22-/m1/s1. The van der Waals surface area contributed by atoms with Crippen LogP contribution in [0.2, 0.25) is 0 Å². The van der Waals surface area contributed by atoms with Crippen LogP contribution in [-0.4, -0.2) is 36.7 Å². The largest absolute Gasteiger partial charge is 0.369 e. The highest BCUT2D eigenvalue weighted by Crippen LogP contribution is 2.42. The number of thioether (sulfide) groups is 2. The lowest BCUT2D eigenvalue weighted by molar-refractivity contribution is -0.0542. The summed E-state index contributed by atoms with van der Waals surface area (Å²) in [5.74, 6) is 2.13. The molecule has 0 saturated carbocycles. The maximum atomic E-state index is 6.20. The molecule has 0 aromatic carbocycles. The minimum Gasteiger partial charge on any atom is -0.369 e. The summed E-state index contributed by atoms with van der Waals surface area (Å²) in [5, 5.41) is 12.5. The minimum absolute atomic E-state index is 0.107. The second-order valence-corrected chi connectivity index (χ2v) is 11.5. The molecule has 0 aliphatic carbocycles. The predicted octanol–water partition coefficient (Wildman–Crippen LogP) is 6.75. The van der Waals surface area contributed by atoms with Gasteiger partial charge in [0.25, 0.3) is 0 Å². The molecule has 0 spiro atoms. The van der Waals surface area contributed by atoms with Gasteiger partial charge in [-0.2, -0.15) is 0 Å². The average molecular weight is 465 g/mol. The van der Waals surface area contributed by atoms with Crippen molar-refractivity contribution in [3.8, 4) is 0 Å². The third-order valence-electron chi connectivity index (χ3n) is 5.83. The van der Waals surface area contributed by atoms with E-state index in [1.807, 2.05) is 23.5 Å². The zero-order valence-electron chi connectivity index (χ0n) is 18.5. The van der Waals surface area contributed by atoms with E-state index in [0.717, 1.165) is 51.6 Å². The Morgan fingerprint density at radius 2 is 1.87 bits per heavy atom. The van der Waals surface area contributed by atoms with Crippen LogP contribution in [0, 0.1) is 0 Å². The molecule has 0 N–H and O–H groups in total. The van der Waals surface area contributed by atoms with Gasteiger partial charge >= 0.3 is 0 Å². The summed E-state index contributed by atoms with van der Waals surface area (Å²) >= 11 is 5.41. The molecule has 3 aromatic rings. The first-order valence-corrected chi connectivity index (χ1v) is 14.0. The Morgan fingerprint density at radius 3 is 2.63 bits per heavy atom. The predicted molar refractivity (Wildman–Crippen MR) is 129 cm³/mol. The molecule has 30 heavy (non-hydrogen) atoms. The van der Waals surface area contributed by atoms with Crippen molar-refractivity contribution in [3.05, 3.63) is 10.4 Å². The van der Waals surface area contributed by atoms with Crippen molar-refractivity contribution in [2.45, 2.75) is 95.2 Å². The van der Waals surface area contributed by atoms with Gasteiger partial charge in [0, 0.05) is 22.8 Å². The normalized spacial score (nSPS) is 19.1. The van der Waals surface area contributed by atoms with Gasteiger partial charge in [-0.1, -0.05) is 63.6 Å². The topological polar surface area (TPSA) is 52.3 Å². The lowest BCUT2D eigenvalue weighted by atomic mass is 9.90. The van der Waals surface area contributed by atoms with E-state index in [1.54, 1.807) is 11.3 Å². The Balaban J connectivity index is 1.76. The zero-order valence-corrected chi connectivity index (χ0v) is 20.9. The second kappa shape index (κ2) is 9.76. The molecule has 0 saturated heterocycles. The molecule has 164 valence electrons. The third-order valence-corrected chi connectivity index (χ3v) is 9.09. The van der Waals surface area contributed by atoms with Gasteiger partial charge in [0.05, 0.1) is 17.6 Å². The number of hydrogen-bond donors (Lipinski definition) is 0. The van der Waals surface area contributed by atoms with Crippen molar-refractivity contribution in [1.29, 1.82) is 0 Å².